The van der Waals surface area contributed by atoms with Gasteiger partial charge in [-0.15, -0.1) is 0 Å². The molecule has 1 unspecified atom stereocenters. The molecular weight excluding hydrogens is 230 g/mol. The van der Waals surface area contributed by atoms with Gasteiger partial charge in [0.05, 0.1) is 20.1 Å². The highest BCUT2D eigenvalue weighted by Crippen LogP contribution is 2.16. The number of amides is 1. The van der Waals surface area contributed by atoms with Crippen molar-refractivity contribution in [3.63, 3.8) is 0 Å². The first kappa shape index (κ1) is 13.0. The van der Waals surface area contributed by atoms with Crippen LogP contribution < -0.4 is 0 Å². The Labute approximate surface area is 98.5 Å². The Balaban J connectivity index is 2.71. The van der Waals surface area contributed by atoms with E-state index in [1.165, 1.54) is 12.0 Å². The maximum atomic E-state index is 11.5. The number of thioether (sulfide) groups is 1. The molecule has 1 atom stereocenters. The first-order valence-electron chi connectivity index (χ1n) is 4.98. The third kappa shape index (κ3) is 2.98. The normalized spacial score (nSPS) is 17.8. The van der Waals surface area contributed by atoms with Crippen LogP contribution in [0.25, 0.3) is 0 Å². The van der Waals surface area contributed by atoms with Crippen molar-refractivity contribution in [3.05, 3.63) is 0 Å². The lowest BCUT2D eigenvalue weighted by atomic mass is 10.2. The fourth-order valence-electron chi connectivity index (χ4n) is 1.65. The van der Waals surface area contributed by atoms with Gasteiger partial charge in [-0.3, -0.25) is 9.59 Å². The van der Waals surface area contributed by atoms with Crippen molar-refractivity contribution in [1.82, 2.24) is 4.90 Å². The number of methoxy groups -OCH3 is 1. The van der Waals surface area contributed by atoms with Gasteiger partial charge in [-0.05, 0) is 18.4 Å². The van der Waals surface area contributed by atoms with Crippen LogP contribution in [0.2, 0.25) is 0 Å². The number of rotatable bonds is 5. The highest BCUT2D eigenvalue weighted by atomic mass is 32.2. The molecule has 0 saturated carbocycles. The predicted octanol–water partition coefficient (Wildman–Crippen LogP) is 0.0825. The molecule has 0 N–H and O–H groups in total. The minimum absolute atomic E-state index is 0.0347. The number of hydrogen-bond donors (Lipinski definition) is 0. The van der Waals surface area contributed by atoms with Crippen LogP contribution in [0.3, 0.4) is 0 Å². The topological polar surface area (TPSA) is 63.7 Å². The van der Waals surface area contributed by atoms with E-state index in [1.54, 1.807) is 11.8 Å². The average molecular weight is 245 g/mol. The number of hydrogen-bond acceptors (Lipinski definition) is 5. The summed E-state index contributed by atoms with van der Waals surface area (Å²) in [6.45, 7) is 0.0347. The Hall–Kier alpha value is -1.04. The lowest BCUT2D eigenvalue weighted by molar-refractivity contribution is -0.151. The molecule has 1 rings (SSSR count). The van der Waals surface area contributed by atoms with E-state index >= 15 is 0 Å². The summed E-state index contributed by atoms with van der Waals surface area (Å²) in [6, 6.07) is -0.614. The van der Waals surface area contributed by atoms with Gasteiger partial charge in [0.1, 0.15) is 6.04 Å². The van der Waals surface area contributed by atoms with Crippen molar-refractivity contribution < 1.29 is 19.1 Å². The fraction of sp³-hybridized carbons (Fsp3) is 0.700. The lowest BCUT2D eigenvalue weighted by Gasteiger charge is -2.24. The van der Waals surface area contributed by atoms with E-state index in [0.29, 0.717) is 6.42 Å². The fourth-order valence-corrected chi connectivity index (χ4v) is 2.11. The molecule has 1 saturated heterocycles. The van der Waals surface area contributed by atoms with E-state index < -0.39 is 12.0 Å². The molecule has 16 heavy (non-hydrogen) atoms. The average Bonchev–Trinajstić information content (AvgIpc) is 2.58. The molecule has 6 heteroatoms. The number of nitrogens with zero attached hydrogens (tertiary/aromatic N) is 1. The zero-order valence-corrected chi connectivity index (χ0v) is 10.2. The number of Topliss-reactive ketones (excluding diaryl/α,β-unsaturated/α-hetero) is 1. The Morgan fingerprint density at radius 3 is 2.69 bits per heavy atom. The Kier molecular flexibility index (Phi) is 4.79. The Morgan fingerprint density at radius 1 is 1.56 bits per heavy atom. The number of ketones is 1. The second-order valence-corrected chi connectivity index (χ2v) is 4.54. The van der Waals surface area contributed by atoms with Gasteiger partial charge in [-0.1, -0.05) is 0 Å². The summed E-state index contributed by atoms with van der Waals surface area (Å²) in [5.74, 6) is -0.112. The molecule has 1 amide bonds. The van der Waals surface area contributed by atoms with E-state index in [0.717, 1.165) is 5.75 Å². The van der Waals surface area contributed by atoms with Crippen molar-refractivity contribution in [2.75, 3.05) is 25.7 Å². The van der Waals surface area contributed by atoms with Crippen molar-refractivity contribution in [2.24, 2.45) is 0 Å². The van der Waals surface area contributed by atoms with Crippen LogP contribution in [-0.4, -0.2) is 54.3 Å². The predicted molar refractivity (Wildman–Crippen MR) is 60.1 cm³/mol. The van der Waals surface area contributed by atoms with Gasteiger partial charge in [-0.25, -0.2) is 4.79 Å². The van der Waals surface area contributed by atoms with E-state index in [2.05, 4.69) is 4.74 Å². The highest BCUT2D eigenvalue weighted by Gasteiger charge is 2.36. The minimum atomic E-state index is -0.614. The zero-order chi connectivity index (χ0) is 12.1. The second-order valence-electron chi connectivity index (χ2n) is 3.56. The summed E-state index contributed by atoms with van der Waals surface area (Å²) in [5, 5.41) is 0. The van der Waals surface area contributed by atoms with Crippen molar-refractivity contribution in [3.8, 4) is 0 Å². The molecule has 0 aromatic rings. The lowest BCUT2D eigenvalue weighted by Crippen LogP contribution is -2.43. The summed E-state index contributed by atoms with van der Waals surface area (Å²) < 4.78 is 4.65. The maximum absolute atomic E-state index is 11.5. The van der Waals surface area contributed by atoms with Crippen LogP contribution in [0.5, 0.6) is 0 Å². The van der Waals surface area contributed by atoms with E-state index in [1.807, 2.05) is 6.26 Å². The van der Waals surface area contributed by atoms with E-state index in [-0.39, 0.29) is 24.7 Å². The van der Waals surface area contributed by atoms with Gasteiger partial charge < -0.3 is 9.64 Å². The first-order valence-corrected chi connectivity index (χ1v) is 6.37. The van der Waals surface area contributed by atoms with Gasteiger partial charge in [0, 0.05) is 0 Å². The molecule has 90 valence electrons. The van der Waals surface area contributed by atoms with Gasteiger partial charge in [0.25, 0.3) is 0 Å². The van der Waals surface area contributed by atoms with Gasteiger partial charge >= 0.3 is 5.97 Å². The summed E-state index contributed by atoms with van der Waals surface area (Å²) in [6.07, 6.45) is 2.35. The van der Waals surface area contributed by atoms with E-state index in [9.17, 15) is 14.4 Å². The van der Waals surface area contributed by atoms with Crippen LogP contribution in [0.4, 0.5) is 0 Å². The van der Waals surface area contributed by atoms with Gasteiger partial charge in [0.15, 0.2) is 5.78 Å². The maximum Gasteiger partial charge on any atom is 0.328 e. The summed E-state index contributed by atoms with van der Waals surface area (Å²) >= 11 is 1.59. The summed E-state index contributed by atoms with van der Waals surface area (Å²) in [5.41, 5.74) is 0. The Bertz CT molecular complexity index is 305. The van der Waals surface area contributed by atoms with Crippen LogP contribution >= 0.6 is 11.8 Å². The summed E-state index contributed by atoms with van der Waals surface area (Å²) in [4.78, 5) is 35.5. The molecule has 0 aliphatic carbocycles. The summed E-state index contributed by atoms with van der Waals surface area (Å²) in [7, 11) is 1.29. The number of likely N-dealkylation sites (tertiary alicyclic amines) is 1. The quantitative estimate of drug-likeness (QED) is 0.507. The molecule has 0 radical (unpaired) electrons. The Morgan fingerprint density at radius 2 is 2.25 bits per heavy atom. The van der Waals surface area contributed by atoms with Gasteiger partial charge in [0.2, 0.25) is 5.91 Å². The highest BCUT2D eigenvalue weighted by molar-refractivity contribution is 7.98. The van der Waals surface area contributed by atoms with Crippen LogP contribution in [0.1, 0.15) is 12.8 Å². The number of ether oxygens (including phenoxy) is 1. The SMILES string of the molecule is COC(=O)C(CCSC)N1CC(=O)CC1=O. The molecule has 0 bridgehead atoms. The molecule has 1 fully saturated rings. The minimum Gasteiger partial charge on any atom is -0.467 e. The molecule has 1 heterocycles. The van der Waals surface area contributed by atoms with Crippen molar-refractivity contribution >= 4 is 29.4 Å². The van der Waals surface area contributed by atoms with Gasteiger partial charge in [-0.2, -0.15) is 11.8 Å². The molecule has 1 aliphatic rings. The molecule has 0 aromatic carbocycles. The van der Waals surface area contributed by atoms with E-state index in [4.69, 9.17) is 0 Å². The molecular formula is C10H15NO4S. The first-order chi connectivity index (χ1) is 7.60. The number of carbonyl (C=O) groups excluding carboxylic acids is 3. The standard InChI is InChI=1S/C10H15NO4S/c1-15-10(14)8(3-4-16-2)11-6-7(12)5-9(11)13/h8H,3-6H2,1-2H3. The van der Waals surface area contributed by atoms with Crippen LogP contribution in [0.15, 0.2) is 0 Å². The largest absolute Gasteiger partial charge is 0.467 e. The second kappa shape index (κ2) is 5.89. The van der Waals surface area contributed by atoms with Crippen LogP contribution in [-0.2, 0) is 19.1 Å². The zero-order valence-electron chi connectivity index (χ0n) is 9.39. The smallest absolute Gasteiger partial charge is 0.328 e. The molecule has 1 aliphatic heterocycles. The van der Waals surface area contributed by atoms with Crippen LogP contribution in [0, 0.1) is 0 Å². The third-order valence-corrected chi connectivity index (χ3v) is 3.10. The third-order valence-electron chi connectivity index (χ3n) is 2.46. The molecule has 0 spiro atoms. The monoisotopic (exact) mass is 245 g/mol. The molecule has 0 aromatic heterocycles. The van der Waals surface area contributed by atoms with Crippen molar-refractivity contribution in [2.45, 2.75) is 18.9 Å². The number of carbonyl (C=O) groups is 3. The number of esters is 1. The molecule has 5 nitrogen and oxygen atoms in total. The van der Waals surface area contributed by atoms with Crippen molar-refractivity contribution in [1.29, 1.82) is 0 Å².